The first-order valence-electron chi connectivity index (χ1n) is 10.2. The van der Waals surface area contributed by atoms with Crippen molar-refractivity contribution >= 4 is 29.0 Å². The topological polar surface area (TPSA) is 116 Å². The maximum Gasteiger partial charge on any atom is 0.292 e. The zero-order valence-electron chi connectivity index (χ0n) is 18.0. The highest BCUT2D eigenvalue weighted by Gasteiger charge is 2.24. The molecule has 33 heavy (non-hydrogen) atoms. The van der Waals surface area contributed by atoms with Crippen LogP contribution in [0.2, 0.25) is 0 Å². The highest BCUT2D eigenvalue weighted by molar-refractivity contribution is 8.00. The van der Waals surface area contributed by atoms with Gasteiger partial charge in [-0.25, -0.2) is 0 Å². The lowest BCUT2D eigenvalue weighted by Gasteiger charge is -2.14. The molecule has 1 unspecified atom stereocenters. The number of carbonyl (C=O) groups excluding carboxylic acids is 1. The molecular formula is C23H21N5O4S. The third-order valence-corrected chi connectivity index (χ3v) is 6.09. The molecule has 0 bridgehead atoms. The smallest absolute Gasteiger partial charge is 0.292 e. The molecule has 9 nitrogen and oxygen atoms in total. The standard InChI is InChI=1S/C23H21N5O4S/c1-15-18(12-13-32-15)21-25-26-23(27(21)14-17-8-4-3-5-9-17)33-16(2)22(29)24-19-10-6-7-11-20(19)28(30)31/h3-13,16H,14H2,1-2H3,(H,24,29). The van der Waals surface area contributed by atoms with Crippen molar-refractivity contribution in [1.82, 2.24) is 14.8 Å². The number of nitrogens with one attached hydrogen (secondary N) is 1. The number of aromatic nitrogens is 3. The molecule has 0 fully saturated rings. The maximum atomic E-state index is 12.8. The lowest BCUT2D eigenvalue weighted by atomic mass is 10.2. The molecular weight excluding hydrogens is 442 g/mol. The average molecular weight is 464 g/mol. The summed E-state index contributed by atoms with van der Waals surface area (Å²) in [4.78, 5) is 23.5. The Bertz CT molecular complexity index is 1290. The van der Waals surface area contributed by atoms with E-state index >= 15 is 0 Å². The molecule has 168 valence electrons. The van der Waals surface area contributed by atoms with Crippen LogP contribution in [0.4, 0.5) is 11.4 Å². The number of carbonyl (C=O) groups is 1. The predicted molar refractivity (Wildman–Crippen MR) is 125 cm³/mol. The van der Waals surface area contributed by atoms with Gasteiger partial charge in [-0.3, -0.25) is 19.5 Å². The van der Waals surface area contributed by atoms with E-state index in [1.807, 2.05) is 47.9 Å². The van der Waals surface area contributed by atoms with E-state index in [0.29, 0.717) is 17.5 Å². The molecule has 2 aromatic carbocycles. The molecule has 1 amide bonds. The van der Waals surface area contributed by atoms with E-state index < -0.39 is 10.2 Å². The Kier molecular flexibility index (Phi) is 6.55. The number of nitro benzene ring substituents is 1. The Morgan fingerprint density at radius 1 is 1.15 bits per heavy atom. The molecule has 2 heterocycles. The number of benzene rings is 2. The molecule has 0 saturated heterocycles. The number of hydrogen-bond donors (Lipinski definition) is 1. The zero-order valence-corrected chi connectivity index (χ0v) is 18.8. The van der Waals surface area contributed by atoms with Crippen LogP contribution in [0.5, 0.6) is 0 Å². The lowest BCUT2D eigenvalue weighted by molar-refractivity contribution is -0.383. The summed E-state index contributed by atoms with van der Waals surface area (Å²) in [7, 11) is 0. The van der Waals surface area contributed by atoms with E-state index in [1.165, 1.54) is 23.9 Å². The van der Waals surface area contributed by atoms with Crippen molar-refractivity contribution in [1.29, 1.82) is 0 Å². The first kappa shape index (κ1) is 22.3. The van der Waals surface area contributed by atoms with Gasteiger partial charge in [0.15, 0.2) is 11.0 Å². The molecule has 0 aliphatic heterocycles. The second-order valence-corrected chi connectivity index (χ2v) is 8.60. The minimum absolute atomic E-state index is 0.153. The molecule has 2 aromatic heterocycles. The van der Waals surface area contributed by atoms with Crippen LogP contribution in [-0.2, 0) is 11.3 Å². The Labute approximate surface area is 194 Å². The van der Waals surface area contributed by atoms with E-state index in [2.05, 4.69) is 15.5 Å². The molecule has 10 heteroatoms. The van der Waals surface area contributed by atoms with Gasteiger partial charge in [0.1, 0.15) is 11.4 Å². The van der Waals surface area contributed by atoms with Crippen LogP contribution < -0.4 is 5.32 Å². The lowest BCUT2D eigenvalue weighted by Crippen LogP contribution is -2.23. The Morgan fingerprint density at radius 2 is 1.88 bits per heavy atom. The Balaban J connectivity index is 1.60. The fraction of sp³-hybridized carbons (Fsp3) is 0.174. The van der Waals surface area contributed by atoms with Crippen molar-refractivity contribution in [2.75, 3.05) is 5.32 Å². The molecule has 4 aromatic rings. The van der Waals surface area contributed by atoms with Gasteiger partial charge < -0.3 is 9.73 Å². The van der Waals surface area contributed by atoms with Gasteiger partial charge in [0, 0.05) is 6.07 Å². The number of aryl methyl sites for hydroxylation is 1. The summed E-state index contributed by atoms with van der Waals surface area (Å²) in [6.45, 7) is 4.08. The van der Waals surface area contributed by atoms with Gasteiger partial charge in [-0.2, -0.15) is 0 Å². The van der Waals surface area contributed by atoms with Gasteiger partial charge in [0.2, 0.25) is 5.91 Å². The fourth-order valence-corrected chi connectivity index (χ4v) is 4.13. The van der Waals surface area contributed by atoms with Crippen LogP contribution >= 0.6 is 11.8 Å². The molecule has 1 N–H and O–H groups in total. The predicted octanol–water partition coefficient (Wildman–Crippen LogP) is 4.92. The summed E-state index contributed by atoms with van der Waals surface area (Å²) >= 11 is 1.23. The van der Waals surface area contributed by atoms with Gasteiger partial charge in [-0.1, -0.05) is 54.2 Å². The number of nitro groups is 1. The number of amides is 1. The van der Waals surface area contributed by atoms with E-state index in [9.17, 15) is 14.9 Å². The normalized spacial score (nSPS) is 11.8. The summed E-state index contributed by atoms with van der Waals surface area (Å²) < 4.78 is 7.38. The number of thioether (sulfide) groups is 1. The molecule has 4 rings (SSSR count). The van der Waals surface area contributed by atoms with Crippen LogP contribution in [0.25, 0.3) is 11.4 Å². The summed E-state index contributed by atoms with van der Waals surface area (Å²) in [5, 5.41) is 22.6. The average Bonchev–Trinajstić information content (AvgIpc) is 3.40. The van der Waals surface area contributed by atoms with Gasteiger partial charge in [-0.15, -0.1) is 10.2 Å². The van der Waals surface area contributed by atoms with E-state index in [0.717, 1.165) is 16.9 Å². The SMILES string of the molecule is Cc1occc1-c1nnc(SC(C)C(=O)Nc2ccccc2[N+](=O)[O-])n1Cc1ccccc1. The third-order valence-electron chi connectivity index (χ3n) is 5.01. The van der Waals surface area contributed by atoms with Crippen LogP contribution in [0.15, 0.2) is 76.5 Å². The highest BCUT2D eigenvalue weighted by Crippen LogP contribution is 2.31. The Hall–Kier alpha value is -3.92. The third kappa shape index (κ3) is 4.96. The minimum Gasteiger partial charge on any atom is -0.469 e. The van der Waals surface area contributed by atoms with Crippen LogP contribution in [0, 0.1) is 17.0 Å². The number of furan rings is 1. The summed E-state index contributed by atoms with van der Waals surface area (Å²) in [6.07, 6.45) is 1.60. The van der Waals surface area contributed by atoms with Gasteiger partial charge in [0.05, 0.1) is 28.5 Å². The van der Waals surface area contributed by atoms with Crippen molar-refractivity contribution in [2.45, 2.75) is 30.8 Å². The first-order valence-corrected chi connectivity index (χ1v) is 11.0. The second-order valence-electron chi connectivity index (χ2n) is 7.29. The number of para-hydroxylation sites is 2. The molecule has 0 aliphatic carbocycles. The zero-order chi connectivity index (χ0) is 23.4. The number of anilines is 1. The molecule has 0 saturated carbocycles. The number of nitrogens with zero attached hydrogens (tertiary/aromatic N) is 4. The molecule has 0 aliphatic rings. The van der Waals surface area contributed by atoms with Crippen molar-refractivity contribution < 1.29 is 14.1 Å². The molecule has 1 atom stereocenters. The summed E-state index contributed by atoms with van der Waals surface area (Å²) in [6, 6.07) is 17.7. The summed E-state index contributed by atoms with van der Waals surface area (Å²) in [5.41, 5.74) is 1.87. The highest BCUT2D eigenvalue weighted by atomic mass is 32.2. The van der Waals surface area contributed by atoms with Gasteiger partial charge >= 0.3 is 0 Å². The van der Waals surface area contributed by atoms with E-state index in [1.54, 1.807) is 25.3 Å². The van der Waals surface area contributed by atoms with E-state index in [-0.39, 0.29) is 17.3 Å². The van der Waals surface area contributed by atoms with Crippen molar-refractivity contribution in [3.63, 3.8) is 0 Å². The number of hydrogen-bond acceptors (Lipinski definition) is 7. The first-order chi connectivity index (χ1) is 15.9. The van der Waals surface area contributed by atoms with Gasteiger partial charge in [-0.05, 0) is 31.5 Å². The maximum absolute atomic E-state index is 12.8. The molecule has 0 radical (unpaired) electrons. The quantitative estimate of drug-likeness (QED) is 0.224. The van der Waals surface area contributed by atoms with Crippen molar-refractivity contribution in [3.05, 3.63) is 88.4 Å². The second kappa shape index (κ2) is 9.70. The van der Waals surface area contributed by atoms with Crippen molar-refractivity contribution in [2.24, 2.45) is 0 Å². The van der Waals surface area contributed by atoms with Crippen LogP contribution in [0.3, 0.4) is 0 Å². The van der Waals surface area contributed by atoms with Crippen LogP contribution in [-0.4, -0.2) is 30.8 Å². The molecule has 0 spiro atoms. The fourth-order valence-electron chi connectivity index (χ4n) is 3.29. The largest absolute Gasteiger partial charge is 0.469 e. The summed E-state index contributed by atoms with van der Waals surface area (Å²) in [5.74, 6) is 0.985. The van der Waals surface area contributed by atoms with Crippen molar-refractivity contribution in [3.8, 4) is 11.4 Å². The van der Waals surface area contributed by atoms with Gasteiger partial charge in [0.25, 0.3) is 5.69 Å². The van der Waals surface area contributed by atoms with E-state index in [4.69, 9.17) is 4.42 Å². The van der Waals surface area contributed by atoms with Crippen LogP contribution in [0.1, 0.15) is 18.2 Å². The minimum atomic E-state index is -0.582. The number of rotatable bonds is 8. The Morgan fingerprint density at radius 3 is 2.58 bits per heavy atom. The monoisotopic (exact) mass is 463 g/mol.